The first-order valence-electron chi connectivity index (χ1n) is 6.51. The molecule has 5 heteroatoms. The van der Waals surface area contributed by atoms with Gasteiger partial charge >= 0.3 is 0 Å². The van der Waals surface area contributed by atoms with Gasteiger partial charge in [0.1, 0.15) is 5.52 Å². The summed E-state index contributed by atoms with van der Waals surface area (Å²) in [5.41, 5.74) is 1.98. The van der Waals surface area contributed by atoms with Crippen LogP contribution in [-0.4, -0.2) is 27.6 Å². The number of pyridine rings is 1. The van der Waals surface area contributed by atoms with Gasteiger partial charge in [0.05, 0.1) is 10.9 Å². The quantitative estimate of drug-likeness (QED) is 0.778. The van der Waals surface area contributed by atoms with Crippen LogP contribution >= 0.6 is 11.3 Å². The Bertz CT molecular complexity index is 695. The topological polar surface area (TPSA) is 42.7 Å². The molecule has 1 unspecified atom stereocenters. The van der Waals surface area contributed by atoms with Gasteiger partial charge < -0.3 is 9.88 Å². The van der Waals surface area contributed by atoms with Gasteiger partial charge in [0, 0.05) is 12.7 Å². The van der Waals surface area contributed by atoms with Crippen LogP contribution in [0, 0.1) is 0 Å². The van der Waals surface area contributed by atoms with E-state index >= 15 is 0 Å². The Kier molecular flexibility index (Phi) is 2.60. The molecule has 0 saturated carbocycles. The summed E-state index contributed by atoms with van der Waals surface area (Å²) in [6, 6.07) is 8.65. The van der Waals surface area contributed by atoms with Gasteiger partial charge in [-0.05, 0) is 36.5 Å². The largest absolute Gasteiger partial charge is 0.315 e. The fraction of sp³-hybridized carbons (Fsp3) is 0.286. The summed E-state index contributed by atoms with van der Waals surface area (Å²) in [5.74, 6) is 1.05. The van der Waals surface area contributed by atoms with Crippen molar-refractivity contribution in [3.05, 3.63) is 35.8 Å². The molecule has 1 aliphatic rings. The van der Waals surface area contributed by atoms with E-state index in [0.29, 0.717) is 6.04 Å². The predicted molar refractivity (Wildman–Crippen MR) is 77.4 cm³/mol. The number of rotatable bonds is 2. The molecule has 4 rings (SSSR count). The molecule has 4 nitrogen and oxygen atoms in total. The molecule has 96 valence electrons. The zero-order valence-electron chi connectivity index (χ0n) is 10.4. The molecule has 0 aromatic carbocycles. The van der Waals surface area contributed by atoms with Crippen molar-refractivity contribution in [2.45, 2.75) is 12.5 Å². The maximum atomic E-state index is 4.78. The monoisotopic (exact) mass is 270 g/mol. The average Bonchev–Trinajstić information content (AvgIpc) is 3.17. The van der Waals surface area contributed by atoms with Crippen molar-refractivity contribution in [2.75, 3.05) is 13.1 Å². The Morgan fingerprint density at radius 3 is 3.11 bits per heavy atom. The molecular formula is C14H14N4S. The highest BCUT2D eigenvalue weighted by Gasteiger charge is 2.23. The maximum absolute atomic E-state index is 4.78. The summed E-state index contributed by atoms with van der Waals surface area (Å²) in [7, 11) is 0. The second-order valence-corrected chi connectivity index (χ2v) is 5.72. The summed E-state index contributed by atoms with van der Waals surface area (Å²) in [6.07, 6.45) is 2.99. The number of nitrogens with one attached hydrogen (secondary N) is 1. The van der Waals surface area contributed by atoms with Crippen LogP contribution in [0.4, 0.5) is 0 Å². The molecule has 19 heavy (non-hydrogen) atoms. The van der Waals surface area contributed by atoms with Crippen LogP contribution in [0.15, 0.2) is 35.8 Å². The van der Waals surface area contributed by atoms with Crippen LogP contribution in [0.2, 0.25) is 0 Å². The first-order valence-corrected chi connectivity index (χ1v) is 7.39. The van der Waals surface area contributed by atoms with Gasteiger partial charge in [0.2, 0.25) is 0 Å². The molecule has 1 saturated heterocycles. The molecule has 1 aliphatic heterocycles. The van der Waals surface area contributed by atoms with Crippen molar-refractivity contribution < 1.29 is 0 Å². The van der Waals surface area contributed by atoms with E-state index in [1.165, 1.54) is 4.88 Å². The van der Waals surface area contributed by atoms with E-state index in [1.807, 2.05) is 18.3 Å². The predicted octanol–water partition coefficient (Wildman–Crippen LogP) is 2.69. The summed E-state index contributed by atoms with van der Waals surface area (Å²) in [5, 5.41) is 5.52. The number of fused-ring (bicyclic) bond motifs is 1. The molecule has 0 radical (unpaired) electrons. The Balaban J connectivity index is 1.98. The smallest absolute Gasteiger partial charge is 0.160 e. The maximum Gasteiger partial charge on any atom is 0.160 e. The Morgan fingerprint density at radius 2 is 2.32 bits per heavy atom. The number of imidazole rings is 1. The summed E-state index contributed by atoms with van der Waals surface area (Å²) < 4.78 is 2.31. The summed E-state index contributed by atoms with van der Waals surface area (Å²) in [6.45, 7) is 2.07. The lowest BCUT2D eigenvalue weighted by atomic mass is 10.2. The Hall–Kier alpha value is -1.72. The van der Waals surface area contributed by atoms with Gasteiger partial charge in [-0.2, -0.15) is 0 Å². The third kappa shape index (κ3) is 1.77. The number of aromatic nitrogens is 3. The molecule has 0 spiro atoms. The van der Waals surface area contributed by atoms with Crippen LogP contribution in [0.1, 0.15) is 12.5 Å². The third-order valence-electron chi connectivity index (χ3n) is 3.59. The van der Waals surface area contributed by atoms with Gasteiger partial charge in [0.25, 0.3) is 0 Å². The average molecular weight is 270 g/mol. The molecule has 1 fully saturated rings. The molecule has 4 heterocycles. The van der Waals surface area contributed by atoms with E-state index in [4.69, 9.17) is 4.98 Å². The molecular weight excluding hydrogens is 256 g/mol. The zero-order valence-corrected chi connectivity index (χ0v) is 11.2. The minimum absolute atomic E-state index is 0.456. The lowest BCUT2D eigenvalue weighted by Crippen LogP contribution is -2.14. The first kappa shape index (κ1) is 11.1. The lowest BCUT2D eigenvalue weighted by Gasteiger charge is -2.14. The van der Waals surface area contributed by atoms with E-state index in [0.717, 1.165) is 36.5 Å². The van der Waals surface area contributed by atoms with Crippen molar-refractivity contribution in [3.8, 4) is 10.7 Å². The van der Waals surface area contributed by atoms with Gasteiger partial charge in [-0.3, -0.25) is 0 Å². The molecule has 1 atom stereocenters. The van der Waals surface area contributed by atoms with E-state index in [1.54, 1.807) is 11.3 Å². The molecule has 0 aliphatic carbocycles. The highest BCUT2D eigenvalue weighted by Crippen LogP contribution is 2.31. The van der Waals surface area contributed by atoms with Gasteiger partial charge in [0.15, 0.2) is 11.5 Å². The molecule has 3 aromatic rings. The van der Waals surface area contributed by atoms with Crippen molar-refractivity contribution in [2.24, 2.45) is 0 Å². The fourth-order valence-electron chi connectivity index (χ4n) is 2.71. The van der Waals surface area contributed by atoms with Crippen LogP contribution in [0.5, 0.6) is 0 Å². The second kappa shape index (κ2) is 4.43. The standard InChI is InChI=1S/C14H14N4S/c1-3-11-13(16-6-1)18(10-5-7-15-9-10)14(17-11)12-4-2-8-19-12/h1-4,6,8,10,15H,5,7,9H2. The fourth-order valence-corrected chi connectivity index (χ4v) is 3.43. The van der Waals surface area contributed by atoms with Gasteiger partial charge in [-0.15, -0.1) is 11.3 Å². The lowest BCUT2D eigenvalue weighted by molar-refractivity contribution is 0.564. The molecule has 1 N–H and O–H groups in total. The molecule has 0 amide bonds. The molecule has 3 aromatic heterocycles. The van der Waals surface area contributed by atoms with Gasteiger partial charge in [-0.25, -0.2) is 9.97 Å². The van der Waals surface area contributed by atoms with E-state index in [2.05, 4.69) is 32.4 Å². The van der Waals surface area contributed by atoms with E-state index in [-0.39, 0.29) is 0 Å². The number of nitrogens with zero attached hydrogens (tertiary/aromatic N) is 3. The first-order chi connectivity index (χ1) is 9.43. The Morgan fingerprint density at radius 1 is 1.32 bits per heavy atom. The van der Waals surface area contributed by atoms with Crippen molar-refractivity contribution >= 4 is 22.5 Å². The van der Waals surface area contributed by atoms with Crippen molar-refractivity contribution in [3.63, 3.8) is 0 Å². The number of hydrogen-bond acceptors (Lipinski definition) is 4. The SMILES string of the molecule is c1csc(-c2nc3cccnc3n2C2CCNC2)c1. The zero-order chi connectivity index (χ0) is 12.7. The second-order valence-electron chi connectivity index (χ2n) is 4.78. The summed E-state index contributed by atoms with van der Waals surface area (Å²) in [4.78, 5) is 10.5. The van der Waals surface area contributed by atoms with E-state index < -0.39 is 0 Å². The van der Waals surface area contributed by atoms with E-state index in [9.17, 15) is 0 Å². The normalized spacial score (nSPS) is 19.3. The van der Waals surface area contributed by atoms with Gasteiger partial charge in [-0.1, -0.05) is 6.07 Å². The highest BCUT2D eigenvalue weighted by molar-refractivity contribution is 7.13. The van der Waals surface area contributed by atoms with Crippen LogP contribution in [0.3, 0.4) is 0 Å². The van der Waals surface area contributed by atoms with Crippen LogP contribution in [-0.2, 0) is 0 Å². The molecule has 0 bridgehead atoms. The Labute approximate surface area is 115 Å². The number of thiophene rings is 1. The van der Waals surface area contributed by atoms with Crippen molar-refractivity contribution in [1.29, 1.82) is 0 Å². The minimum atomic E-state index is 0.456. The van der Waals surface area contributed by atoms with Crippen LogP contribution in [0.25, 0.3) is 21.9 Å². The summed E-state index contributed by atoms with van der Waals surface area (Å²) >= 11 is 1.73. The van der Waals surface area contributed by atoms with Crippen molar-refractivity contribution in [1.82, 2.24) is 19.9 Å². The number of hydrogen-bond donors (Lipinski definition) is 1. The minimum Gasteiger partial charge on any atom is -0.315 e. The highest BCUT2D eigenvalue weighted by atomic mass is 32.1. The van der Waals surface area contributed by atoms with Crippen LogP contribution < -0.4 is 5.32 Å². The third-order valence-corrected chi connectivity index (χ3v) is 4.46.